The summed E-state index contributed by atoms with van der Waals surface area (Å²) in [6, 6.07) is 6.80. The minimum atomic E-state index is -1.19. The number of carbonyl (C=O) groups excluding carboxylic acids is 1. The second-order valence-electron chi connectivity index (χ2n) is 6.47. The predicted molar refractivity (Wildman–Crippen MR) is 86.5 cm³/mol. The molecule has 2 aromatic rings. The summed E-state index contributed by atoms with van der Waals surface area (Å²) in [7, 11) is 0. The van der Waals surface area contributed by atoms with Gasteiger partial charge in [-0.2, -0.15) is 0 Å². The van der Waals surface area contributed by atoms with E-state index in [0.717, 1.165) is 5.56 Å². The summed E-state index contributed by atoms with van der Waals surface area (Å²) < 4.78 is 0. The fourth-order valence-electron chi connectivity index (χ4n) is 2.92. The normalized spacial score (nSPS) is 24.9. The number of rotatable bonds is 1. The molecule has 3 N–H and O–H groups in total. The highest BCUT2D eigenvalue weighted by molar-refractivity contribution is 6.06. The lowest BCUT2D eigenvalue weighted by atomic mass is 9.90. The van der Waals surface area contributed by atoms with Crippen LogP contribution in [0.4, 0.5) is 0 Å². The number of aromatic nitrogens is 1. The summed E-state index contributed by atoms with van der Waals surface area (Å²) in [4.78, 5) is 28.8. The highest BCUT2D eigenvalue weighted by Gasteiger charge is 2.38. The van der Waals surface area contributed by atoms with E-state index in [1.165, 1.54) is 11.0 Å². The minimum absolute atomic E-state index is 0.0476. The Balaban J connectivity index is 2.01. The first-order valence-electron chi connectivity index (χ1n) is 7.61. The third-order valence-corrected chi connectivity index (χ3v) is 4.52. The van der Waals surface area contributed by atoms with Crippen LogP contribution in [-0.4, -0.2) is 50.8 Å². The van der Waals surface area contributed by atoms with Crippen LogP contribution >= 0.6 is 0 Å². The molecule has 1 fully saturated rings. The van der Waals surface area contributed by atoms with E-state index in [-0.39, 0.29) is 18.0 Å². The number of amides is 1. The molecule has 2 heterocycles. The van der Waals surface area contributed by atoms with Crippen LogP contribution in [0.3, 0.4) is 0 Å². The fourth-order valence-corrected chi connectivity index (χ4v) is 2.92. The number of aliphatic hydroxyl groups excluding tert-OH is 1. The Kier molecular flexibility index (Phi) is 3.74. The number of piperidine rings is 1. The number of benzene rings is 1. The Morgan fingerprint density at radius 3 is 2.83 bits per heavy atom. The average Bonchev–Trinajstić information content (AvgIpc) is 2.49. The van der Waals surface area contributed by atoms with Crippen molar-refractivity contribution in [1.29, 1.82) is 0 Å². The van der Waals surface area contributed by atoms with Crippen molar-refractivity contribution in [3.8, 4) is 0 Å². The number of aliphatic hydroxyl groups is 2. The molecule has 0 saturated carbocycles. The molecular formula is C17H20N2O4. The number of hydrogen-bond donors (Lipinski definition) is 3. The third kappa shape index (κ3) is 2.87. The molecule has 6 nitrogen and oxygen atoms in total. The van der Waals surface area contributed by atoms with Gasteiger partial charge in [-0.15, -0.1) is 0 Å². The largest absolute Gasteiger partial charge is 0.388 e. The van der Waals surface area contributed by atoms with Crippen molar-refractivity contribution in [2.45, 2.75) is 32.0 Å². The molecule has 6 heteroatoms. The number of β-amino-alcohol motifs (C(OH)–C–C–N with tert-alkyl or cyclic N) is 1. The van der Waals surface area contributed by atoms with Crippen molar-refractivity contribution in [3.05, 3.63) is 45.7 Å². The molecular weight excluding hydrogens is 296 g/mol. The number of pyridine rings is 1. The van der Waals surface area contributed by atoms with Crippen LogP contribution < -0.4 is 5.56 Å². The van der Waals surface area contributed by atoms with Gasteiger partial charge in [0.25, 0.3) is 5.91 Å². The van der Waals surface area contributed by atoms with E-state index in [4.69, 9.17) is 0 Å². The Morgan fingerprint density at radius 1 is 1.39 bits per heavy atom. The zero-order valence-electron chi connectivity index (χ0n) is 13.2. The van der Waals surface area contributed by atoms with Crippen molar-refractivity contribution in [2.75, 3.05) is 13.1 Å². The van der Waals surface area contributed by atoms with Gasteiger partial charge in [-0.1, -0.05) is 11.6 Å². The first-order chi connectivity index (χ1) is 10.8. The molecule has 1 aromatic heterocycles. The van der Waals surface area contributed by atoms with Crippen molar-refractivity contribution in [2.24, 2.45) is 0 Å². The average molecular weight is 316 g/mol. The molecule has 1 aliphatic rings. The Hall–Kier alpha value is -2.18. The van der Waals surface area contributed by atoms with Crippen molar-refractivity contribution in [3.63, 3.8) is 0 Å². The zero-order chi connectivity index (χ0) is 16.8. The van der Waals surface area contributed by atoms with E-state index in [1.54, 1.807) is 13.0 Å². The molecule has 122 valence electrons. The van der Waals surface area contributed by atoms with Gasteiger partial charge in [0.1, 0.15) is 0 Å². The van der Waals surface area contributed by atoms with Crippen LogP contribution in [0.2, 0.25) is 0 Å². The summed E-state index contributed by atoms with van der Waals surface area (Å²) in [5, 5.41) is 20.7. The van der Waals surface area contributed by atoms with Crippen LogP contribution in [0.25, 0.3) is 10.9 Å². The molecule has 0 aliphatic carbocycles. The Morgan fingerprint density at radius 2 is 2.13 bits per heavy atom. The van der Waals surface area contributed by atoms with Gasteiger partial charge in [0.05, 0.1) is 17.3 Å². The number of likely N-dealkylation sites (tertiary alicyclic amines) is 1. The number of fused-ring (bicyclic) bond motifs is 1. The quantitative estimate of drug-likeness (QED) is 0.725. The van der Waals surface area contributed by atoms with Gasteiger partial charge in [-0.05, 0) is 32.4 Å². The monoisotopic (exact) mass is 316 g/mol. The Labute approximate surface area is 133 Å². The number of nitrogens with zero attached hydrogens (tertiary/aromatic N) is 1. The maximum absolute atomic E-state index is 12.8. The standard InChI is InChI=1S/C17H20N2O4/c1-10-3-4-13-11(7-10)12(8-15(21)18-13)16(22)19-6-5-17(2,23)14(20)9-19/h3-4,7-8,14,20,23H,5-6,9H2,1-2H3,(H,18,21)/t14-,17+/m1/s1. The molecule has 0 spiro atoms. The highest BCUT2D eigenvalue weighted by Crippen LogP contribution is 2.25. The first kappa shape index (κ1) is 15.7. The van der Waals surface area contributed by atoms with Crippen LogP contribution in [0.5, 0.6) is 0 Å². The lowest BCUT2D eigenvalue weighted by Gasteiger charge is -2.40. The van der Waals surface area contributed by atoms with E-state index in [0.29, 0.717) is 29.4 Å². The van der Waals surface area contributed by atoms with Crippen LogP contribution in [-0.2, 0) is 0 Å². The smallest absolute Gasteiger partial charge is 0.254 e. The second kappa shape index (κ2) is 5.47. The Bertz CT molecular complexity index is 825. The number of aromatic amines is 1. The molecule has 1 saturated heterocycles. The molecule has 0 radical (unpaired) electrons. The lowest BCUT2D eigenvalue weighted by molar-refractivity contribution is -0.0999. The van der Waals surface area contributed by atoms with Crippen LogP contribution in [0.15, 0.2) is 29.1 Å². The van der Waals surface area contributed by atoms with Gasteiger partial charge in [-0.25, -0.2) is 0 Å². The topological polar surface area (TPSA) is 93.6 Å². The molecule has 23 heavy (non-hydrogen) atoms. The predicted octanol–water partition coefficient (Wildman–Crippen LogP) is 0.794. The number of hydrogen-bond acceptors (Lipinski definition) is 4. The maximum atomic E-state index is 12.8. The summed E-state index contributed by atoms with van der Waals surface area (Å²) in [5.74, 6) is -0.304. The van der Waals surface area contributed by atoms with Gasteiger partial charge in [0.2, 0.25) is 5.56 Å². The number of H-pyrrole nitrogens is 1. The summed E-state index contributed by atoms with van der Waals surface area (Å²) in [6.07, 6.45) is -0.713. The van der Waals surface area contributed by atoms with Gasteiger partial charge in [-0.3, -0.25) is 9.59 Å². The number of nitrogens with one attached hydrogen (secondary N) is 1. The molecule has 0 bridgehead atoms. The summed E-state index contributed by atoms with van der Waals surface area (Å²) >= 11 is 0. The summed E-state index contributed by atoms with van der Waals surface area (Å²) in [6.45, 7) is 3.86. The summed E-state index contributed by atoms with van der Waals surface area (Å²) in [5.41, 5.74) is 0.385. The highest BCUT2D eigenvalue weighted by atomic mass is 16.3. The van der Waals surface area contributed by atoms with Gasteiger partial charge < -0.3 is 20.1 Å². The number of carbonyl (C=O) groups is 1. The van der Waals surface area contributed by atoms with Gasteiger partial charge >= 0.3 is 0 Å². The van der Waals surface area contributed by atoms with Crippen LogP contribution in [0, 0.1) is 6.92 Å². The molecule has 1 amide bonds. The molecule has 3 rings (SSSR count). The SMILES string of the molecule is Cc1ccc2[nH]c(=O)cc(C(=O)N3CC[C@](C)(O)[C@H](O)C3)c2c1. The molecule has 1 aromatic carbocycles. The van der Waals surface area contributed by atoms with Crippen molar-refractivity contribution >= 4 is 16.8 Å². The lowest BCUT2D eigenvalue weighted by Crippen LogP contribution is -2.55. The molecule has 2 atom stereocenters. The fraction of sp³-hybridized carbons (Fsp3) is 0.412. The van der Waals surface area contributed by atoms with E-state index < -0.39 is 11.7 Å². The van der Waals surface area contributed by atoms with E-state index >= 15 is 0 Å². The van der Waals surface area contributed by atoms with E-state index in [2.05, 4.69) is 4.98 Å². The zero-order valence-corrected chi connectivity index (χ0v) is 13.2. The molecule has 0 unspecified atom stereocenters. The second-order valence-corrected chi connectivity index (χ2v) is 6.47. The molecule has 1 aliphatic heterocycles. The van der Waals surface area contributed by atoms with E-state index in [9.17, 15) is 19.8 Å². The first-order valence-corrected chi connectivity index (χ1v) is 7.61. The van der Waals surface area contributed by atoms with Gasteiger partial charge in [0.15, 0.2) is 0 Å². The van der Waals surface area contributed by atoms with Crippen molar-refractivity contribution < 1.29 is 15.0 Å². The maximum Gasteiger partial charge on any atom is 0.254 e. The van der Waals surface area contributed by atoms with Crippen LogP contribution in [0.1, 0.15) is 29.3 Å². The third-order valence-electron chi connectivity index (χ3n) is 4.52. The minimum Gasteiger partial charge on any atom is -0.388 e. The number of aryl methyl sites for hydroxylation is 1. The van der Waals surface area contributed by atoms with Gasteiger partial charge in [0, 0.05) is 30.1 Å². The van der Waals surface area contributed by atoms with E-state index in [1.807, 2.05) is 19.1 Å². The van der Waals surface area contributed by atoms with Crippen molar-refractivity contribution in [1.82, 2.24) is 9.88 Å².